The van der Waals surface area contributed by atoms with Crippen molar-refractivity contribution in [2.45, 2.75) is 26.4 Å². The molecule has 1 atom stereocenters. The molecule has 0 spiro atoms. The summed E-state index contributed by atoms with van der Waals surface area (Å²) in [7, 11) is 0. The summed E-state index contributed by atoms with van der Waals surface area (Å²) in [6.07, 6.45) is 1.13. The van der Waals surface area contributed by atoms with Crippen molar-refractivity contribution >= 4 is 0 Å². The first-order valence-electron chi connectivity index (χ1n) is 5.92. The summed E-state index contributed by atoms with van der Waals surface area (Å²) in [4.78, 5) is 4.14. The molecule has 0 aliphatic rings. The summed E-state index contributed by atoms with van der Waals surface area (Å²) in [5, 5.41) is 10.1. The van der Waals surface area contributed by atoms with E-state index in [-0.39, 0.29) is 5.82 Å². The first-order chi connectivity index (χ1) is 8.58. The minimum Gasteiger partial charge on any atom is -0.388 e. The van der Waals surface area contributed by atoms with E-state index in [2.05, 4.69) is 4.98 Å². The highest BCUT2D eigenvalue weighted by Gasteiger charge is 2.17. The van der Waals surface area contributed by atoms with Gasteiger partial charge in [-0.15, -0.1) is 0 Å². The summed E-state index contributed by atoms with van der Waals surface area (Å²) in [5.74, 6) is -0.351. The number of aromatic nitrogens is 1. The van der Waals surface area contributed by atoms with Crippen molar-refractivity contribution in [2.75, 3.05) is 0 Å². The lowest BCUT2D eigenvalue weighted by molar-refractivity contribution is 0.171. The van der Waals surface area contributed by atoms with E-state index in [0.717, 1.165) is 16.8 Å². The number of nitrogens with zero attached hydrogens (tertiary/aromatic N) is 1. The van der Waals surface area contributed by atoms with Gasteiger partial charge in [-0.1, -0.05) is 12.1 Å². The van der Waals surface area contributed by atoms with Gasteiger partial charge >= 0.3 is 0 Å². The maximum atomic E-state index is 13.9. The highest BCUT2D eigenvalue weighted by Crippen LogP contribution is 2.25. The van der Waals surface area contributed by atoms with Gasteiger partial charge in [0, 0.05) is 23.9 Å². The minimum absolute atomic E-state index is 0.321. The van der Waals surface area contributed by atoms with Crippen LogP contribution in [0.2, 0.25) is 0 Å². The van der Waals surface area contributed by atoms with Crippen LogP contribution >= 0.6 is 0 Å². The molecule has 2 aromatic rings. The van der Waals surface area contributed by atoms with E-state index in [1.54, 1.807) is 6.20 Å². The summed E-state index contributed by atoms with van der Waals surface area (Å²) in [6.45, 7) is 3.65. The number of benzene rings is 1. The van der Waals surface area contributed by atoms with Crippen LogP contribution in [0.1, 0.15) is 28.5 Å². The zero-order chi connectivity index (χ0) is 13.1. The molecule has 0 radical (unpaired) electrons. The van der Waals surface area contributed by atoms with Crippen LogP contribution < -0.4 is 0 Å². The molecular formula is C15H16FNO. The van der Waals surface area contributed by atoms with Crippen molar-refractivity contribution < 1.29 is 9.50 Å². The van der Waals surface area contributed by atoms with Crippen LogP contribution in [0.5, 0.6) is 0 Å². The number of hydrogen-bond acceptors (Lipinski definition) is 2. The molecule has 1 aromatic carbocycles. The highest BCUT2D eigenvalue weighted by atomic mass is 19.1. The molecule has 0 aliphatic heterocycles. The Morgan fingerprint density at radius 2 is 2.06 bits per heavy atom. The van der Waals surface area contributed by atoms with E-state index in [0.29, 0.717) is 12.0 Å². The fraction of sp³-hybridized carbons (Fsp3) is 0.267. The fourth-order valence-electron chi connectivity index (χ4n) is 2.17. The Hall–Kier alpha value is -1.74. The van der Waals surface area contributed by atoms with Crippen LogP contribution in [-0.4, -0.2) is 10.1 Å². The molecule has 94 valence electrons. The lowest BCUT2D eigenvalue weighted by Gasteiger charge is -2.15. The molecule has 1 N–H and O–H groups in total. The Balaban J connectivity index is 2.27. The molecule has 2 rings (SSSR count). The average Bonchev–Trinajstić information content (AvgIpc) is 2.28. The minimum atomic E-state index is -0.861. The topological polar surface area (TPSA) is 33.1 Å². The van der Waals surface area contributed by atoms with E-state index in [4.69, 9.17) is 0 Å². The standard InChI is InChI=1S/C15H16FNO/c1-10-7-11(2)15(13(16)8-10)14(18)9-12-5-3-4-6-17-12/h3-8,14,18H,9H2,1-2H3. The third-order valence-electron chi connectivity index (χ3n) is 2.94. The molecule has 0 bridgehead atoms. The van der Waals surface area contributed by atoms with Gasteiger partial charge in [-0.3, -0.25) is 4.98 Å². The number of hydrogen-bond donors (Lipinski definition) is 1. The number of halogens is 1. The molecule has 1 unspecified atom stereocenters. The molecule has 0 saturated heterocycles. The Labute approximate surface area is 106 Å². The predicted molar refractivity (Wildman–Crippen MR) is 68.8 cm³/mol. The van der Waals surface area contributed by atoms with Gasteiger partial charge in [0.15, 0.2) is 0 Å². The molecule has 1 aromatic heterocycles. The van der Waals surface area contributed by atoms with Crippen molar-refractivity contribution in [3.63, 3.8) is 0 Å². The SMILES string of the molecule is Cc1cc(C)c(C(O)Cc2ccccn2)c(F)c1. The second-order valence-corrected chi connectivity index (χ2v) is 4.52. The van der Waals surface area contributed by atoms with Crippen LogP contribution in [0, 0.1) is 19.7 Å². The Kier molecular flexibility index (Phi) is 3.72. The van der Waals surface area contributed by atoms with E-state index >= 15 is 0 Å². The molecule has 1 heterocycles. The number of rotatable bonds is 3. The van der Waals surface area contributed by atoms with Crippen molar-refractivity contribution in [1.29, 1.82) is 0 Å². The second-order valence-electron chi connectivity index (χ2n) is 4.52. The molecule has 18 heavy (non-hydrogen) atoms. The van der Waals surface area contributed by atoms with Crippen LogP contribution in [0.4, 0.5) is 4.39 Å². The summed E-state index contributed by atoms with van der Waals surface area (Å²) < 4.78 is 13.9. The van der Waals surface area contributed by atoms with Gasteiger partial charge in [-0.25, -0.2) is 4.39 Å². The molecule has 0 amide bonds. The zero-order valence-electron chi connectivity index (χ0n) is 10.5. The van der Waals surface area contributed by atoms with Gasteiger partial charge in [0.2, 0.25) is 0 Å². The zero-order valence-corrected chi connectivity index (χ0v) is 10.5. The maximum absolute atomic E-state index is 13.9. The van der Waals surface area contributed by atoms with Crippen LogP contribution in [-0.2, 0) is 6.42 Å². The number of aryl methyl sites for hydroxylation is 2. The van der Waals surface area contributed by atoms with Crippen molar-refractivity contribution in [2.24, 2.45) is 0 Å². The monoisotopic (exact) mass is 245 g/mol. The van der Waals surface area contributed by atoms with Gasteiger partial charge < -0.3 is 5.11 Å². The third kappa shape index (κ3) is 2.74. The van der Waals surface area contributed by atoms with Crippen LogP contribution in [0.3, 0.4) is 0 Å². The van der Waals surface area contributed by atoms with E-state index in [1.165, 1.54) is 6.07 Å². The summed E-state index contributed by atoms with van der Waals surface area (Å²) >= 11 is 0. The highest BCUT2D eigenvalue weighted by molar-refractivity contribution is 5.34. The smallest absolute Gasteiger partial charge is 0.129 e. The lowest BCUT2D eigenvalue weighted by Crippen LogP contribution is -2.08. The average molecular weight is 245 g/mol. The fourth-order valence-corrected chi connectivity index (χ4v) is 2.17. The van der Waals surface area contributed by atoms with Crippen LogP contribution in [0.25, 0.3) is 0 Å². The maximum Gasteiger partial charge on any atom is 0.129 e. The first kappa shape index (κ1) is 12.7. The molecule has 3 heteroatoms. The predicted octanol–water partition coefficient (Wildman–Crippen LogP) is 3.11. The van der Waals surface area contributed by atoms with E-state index in [1.807, 2.05) is 38.1 Å². The Bertz CT molecular complexity index is 516. The molecular weight excluding hydrogens is 229 g/mol. The normalized spacial score (nSPS) is 12.4. The number of aliphatic hydroxyl groups excluding tert-OH is 1. The second kappa shape index (κ2) is 5.27. The van der Waals surface area contributed by atoms with Gasteiger partial charge in [0.05, 0.1) is 6.10 Å². The van der Waals surface area contributed by atoms with Gasteiger partial charge in [0.25, 0.3) is 0 Å². The van der Waals surface area contributed by atoms with E-state index in [9.17, 15) is 9.50 Å². The van der Waals surface area contributed by atoms with Gasteiger partial charge in [-0.2, -0.15) is 0 Å². The molecule has 0 fully saturated rings. The summed E-state index contributed by atoms with van der Waals surface area (Å²) in [5.41, 5.74) is 2.75. The van der Waals surface area contributed by atoms with Crippen molar-refractivity contribution in [3.8, 4) is 0 Å². The summed E-state index contributed by atoms with van der Waals surface area (Å²) in [6, 6.07) is 8.82. The van der Waals surface area contributed by atoms with Gasteiger partial charge in [0.1, 0.15) is 5.82 Å². The third-order valence-corrected chi connectivity index (χ3v) is 2.94. The van der Waals surface area contributed by atoms with E-state index < -0.39 is 6.10 Å². The number of aliphatic hydroxyl groups is 1. The Morgan fingerprint density at radius 3 is 2.67 bits per heavy atom. The Morgan fingerprint density at radius 1 is 1.28 bits per heavy atom. The lowest BCUT2D eigenvalue weighted by atomic mass is 9.97. The largest absolute Gasteiger partial charge is 0.388 e. The first-order valence-corrected chi connectivity index (χ1v) is 5.92. The molecule has 2 nitrogen and oxygen atoms in total. The molecule has 0 saturated carbocycles. The van der Waals surface area contributed by atoms with Gasteiger partial charge in [-0.05, 0) is 43.2 Å². The van der Waals surface area contributed by atoms with Crippen LogP contribution in [0.15, 0.2) is 36.5 Å². The quantitative estimate of drug-likeness (QED) is 0.901. The van der Waals surface area contributed by atoms with Crippen molar-refractivity contribution in [1.82, 2.24) is 4.98 Å². The number of pyridine rings is 1. The molecule has 0 aliphatic carbocycles. The van der Waals surface area contributed by atoms with Crippen molar-refractivity contribution in [3.05, 3.63) is 64.7 Å².